The lowest BCUT2D eigenvalue weighted by molar-refractivity contribution is 0.0726. The van der Waals surface area contributed by atoms with E-state index in [0.29, 0.717) is 24.1 Å². The molecular formula is C21H19F2NO3S. The van der Waals surface area contributed by atoms with Crippen LogP contribution in [-0.4, -0.2) is 25.0 Å². The number of hydrogen-bond donors (Lipinski definition) is 0. The van der Waals surface area contributed by atoms with Gasteiger partial charge in [-0.3, -0.25) is 4.79 Å². The second kappa shape index (κ2) is 8.84. The van der Waals surface area contributed by atoms with Gasteiger partial charge in [-0.25, -0.2) is 8.78 Å². The highest BCUT2D eigenvalue weighted by Gasteiger charge is 2.21. The third-order valence-corrected chi connectivity index (χ3v) is 5.06. The number of halogens is 2. The van der Waals surface area contributed by atoms with Crippen LogP contribution in [0.1, 0.15) is 20.8 Å². The zero-order valence-electron chi connectivity index (χ0n) is 15.4. The van der Waals surface area contributed by atoms with Crippen LogP contribution in [0.2, 0.25) is 0 Å². The van der Waals surface area contributed by atoms with Gasteiger partial charge in [0.15, 0.2) is 11.5 Å². The summed E-state index contributed by atoms with van der Waals surface area (Å²) in [5.41, 5.74) is 0.628. The van der Waals surface area contributed by atoms with E-state index in [1.165, 1.54) is 29.4 Å². The number of methoxy groups -OCH3 is 2. The average Bonchev–Trinajstić information content (AvgIpc) is 3.20. The van der Waals surface area contributed by atoms with Gasteiger partial charge < -0.3 is 14.4 Å². The molecule has 4 nitrogen and oxygen atoms in total. The second-order valence-electron chi connectivity index (χ2n) is 6.05. The Hall–Kier alpha value is -2.93. The Balaban J connectivity index is 1.92. The fourth-order valence-corrected chi connectivity index (χ4v) is 3.54. The van der Waals surface area contributed by atoms with Crippen LogP contribution in [0.15, 0.2) is 53.9 Å². The molecule has 7 heteroatoms. The maximum absolute atomic E-state index is 14.2. The summed E-state index contributed by atoms with van der Waals surface area (Å²) in [6.45, 7) is 0.537. The molecule has 1 heterocycles. The minimum Gasteiger partial charge on any atom is -0.493 e. The van der Waals surface area contributed by atoms with E-state index >= 15 is 0 Å². The lowest BCUT2D eigenvalue weighted by atomic mass is 10.1. The van der Waals surface area contributed by atoms with Crippen molar-refractivity contribution in [2.45, 2.75) is 13.1 Å². The number of ether oxygens (including phenoxy) is 2. The first-order valence-corrected chi connectivity index (χ1v) is 9.37. The minimum absolute atomic E-state index is 0.168. The summed E-state index contributed by atoms with van der Waals surface area (Å²) in [5.74, 6) is -1.00. The van der Waals surface area contributed by atoms with E-state index in [2.05, 4.69) is 0 Å². The number of rotatable bonds is 7. The molecule has 0 radical (unpaired) electrons. The highest BCUT2D eigenvalue weighted by Crippen LogP contribution is 2.29. The van der Waals surface area contributed by atoms with Crippen molar-refractivity contribution in [3.63, 3.8) is 0 Å². The van der Waals surface area contributed by atoms with Gasteiger partial charge in [-0.15, -0.1) is 11.3 Å². The summed E-state index contributed by atoms with van der Waals surface area (Å²) >= 11 is 1.50. The molecule has 1 amide bonds. The molecule has 0 aliphatic rings. The molecule has 3 aromatic rings. The predicted octanol–water partition coefficient (Wildman–Crippen LogP) is 4.89. The zero-order chi connectivity index (χ0) is 20.1. The van der Waals surface area contributed by atoms with E-state index in [0.717, 1.165) is 16.5 Å². The Labute approximate surface area is 165 Å². The number of amides is 1. The Morgan fingerprint density at radius 1 is 1.00 bits per heavy atom. The molecule has 0 saturated heterocycles. The van der Waals surface area contributed by atoms with Gasteiger partial charge in [0.1, 0.15) is 11.6 Å². The second-order valence-corrected chi connectivity index (χ2v) is 7.09. The quantitative estimate of drug-likeness (QED) is 0.564. The molecular weight excluding hydrogens is 384 g/mol. The fourth-order valence-electron chi connectivity index (χ4n) is 2.82. The Kier molecular flexibility index (Phi) is 6.26. The number of benzene rings is 2. The van der Waals surface area contributed by atoms with Gasteiger partial charge in [-0.1, -0.05) is 12.1 Å². The summed E-state index contributed by atoms with van der Waals surface area (Å²) in [5, 5.41) is 1.91. The van der Waals surface area contributed by atoms with Crippen LogP contribution in [0, 0.1) is 11.6 Å². The van der Waals surface area contributed by atoms with Crippen molar-refractivity contribution in [1.29, 1.82) is 0 Å². The third-order valence-electron chi connectivity index (χ3n) is 4.20. The van der Waals surface area contributed by atoms with Gasteiger partial charge in [0, 0.05) is 17.5 Å². The van der Waals surface area contributed by atoms with Crippen molar-refractivity contribution >= 4 is 17.2 Å². The van der Waals surface area contributed by atoms with Crippen LogP contribution in [-0.2, 0) is 13.1 Å². The molecule has 0 bridgehead atoms. The van der Waals surface area contributed by atoms with Gasteiger partial charge in [-0.05, 0) is 41.3 Å². The average molecular weight is 403 g/mol. The molecule has 1 aromatic heterocycles. The summed E-state index contributed by atoms with van der Waals surface area (Å²) in [7, 11) is 3.07. The molecule has 0 atom stereocenters. The van der Waals surface area contributed by atoms with E-state index in [1.54, 1.807) is 19.2 Å². The number of hydrogen-bond acceptors (Lipinski definition) is 4. The molecule has 146 valence electrons. The first-order chi connectivity index (χ1) is 13.5. The van der Waals surface area contributed by atoms with Gasteiger partial charge >= 0.3 is 0 Å². The number of carbonyl (C=O) groups excluding carboxylic acids is 1. The Morgan fingerprint density at radius 3 is 2.43 bits per heavy atom. The van der Waals surface area contributed by atoms with Gasteiger partial charge in [0.05, 0.1) is 26.3 Å². The van der Waals surface area contributed by atoms with Crippen molar-refractivity contribution < 1.29 is 23.0 Å². The van der Waals surface area contributed by atoms with Crippen molar-refractivity contribution in [1.82, 2.24) is 4.90 Å². The van der Waals surface area contributed by atoms with Gasteiger partial charge in [0.25, 0.3) is 5.91 Å². The van der Waals surface area contributed by atoms with Crippen molar-refractivity contribution in [2.24, 2.45) is 0 Å². The first kappa shape index (κ1) is 19.8. The topological polar surface area (TPSA) is 38.8 Å². The molecule has 0 N–H and O–H groups in total. The summed E-state index contributed by atoms with van der Waals surface area (Å²) < 4.78 is 38.0. The van der Waals surface area contributed by atoms with E-state index in [1.807, 2.05) is 23.6 Å². The third kappa shape index (κ3) is 4.48. The van der Waals surface area contributed by atoms with Crippen molar-refractivity contribution in [3.8, 4) is 11.5 Å². The van der Waals surface area contributed by atoms with Crippen molar-refractivity contribution in [3.05, 3.63) is 81.5 Å². The van der Waals surface area contributed by atoms with Crippen LogP contribution < -0.4 is 9.47 Å². The lowest BCUT2D eigenvalue weighted by Gasteiger charge is -2.23. The Bertz CT molecular complexity index is 960. The van der Waals surface area contributed by atoms with Crippen LogP contribution >= 0.6 is 11.3 Å². The smallest absolute Gasteiger partial charge is 0.257 e. The summed E-state index contributed by atoms with van der Waals surface area (Å²) in [4.78, 5) is 15.5. The van der Waals surface area contributed by atoms with Gasteiger partial charge in [0.2, 0.25) is 0 Å². The maximum atomic E-state index is 14.2. The molecule has 0 fully saturated rings. The molecule has 3 rings (SSSR count). The summed E-state index contributed by atoms with van der Waals surface area (Å²) in [6, 6.07) is 12.1. The molecule has 0 aliphatic carbocycles. The van der Waals surface area contributed by atoms with E-state index < -0.39 is 17.5 Å². The van der Waals surface area contributed by atoms with E-state index in [-0.39, 0.29) is 12.1 Å². The maximum Gasteiger partial charge on any atom is 0.257 e. The first-order valence-electron chi connectivity index (χ1n) is 8.49. The normalized spacial score (nSPS) is 10.6. The molecule has 0 spiro atoms. The Morgan fingerprint density at radius 2 is 1.79 bits per heavy atom. The van der Waals surface area contributed by atoms with Crippen LogP contribution in [0.5, 0.6) is 11.5 Å². The highest BCUT2D eigenvalue weighted by atomic mass is 32.1. The van der Waals surface area contributed by atoms with E-state index in [4.69, 9.17) is 9.47 Å². The largest absolute Gasteiger partial charge is 0.493 e. The molecule has 0 saturated carbocycles. The molecule has 2 aromatic carbocycles. The summed E-state index contributed by atoms with van der Waals surface area (Å²) in [6.07, 6.45) is 0. The van der Waals surface area contributed by atoms with Crippen LogP contribution in [0.3, 0.4) is 0 Å². The monoisotopic (exact) mass is 403 g/mol. The standard InChI is InChI=1S/C21H19F2NO3S/c1-26-19-8-5-14(10-20(19)27-2)12-24(13-16-4-3-9-28-16)21(25)17-7-6-15(22)11-18(17)23/h3-11H,12-13H2,1-2H3. The van der Waals surface area contributed by atoms with Crippen LogP contribution in [0.25, 0.3) is 0 Å². The SMILES string of the molecule is COc1ccc(CN(Cc2cccs2)C(=O)c2ccc(F)cc2F)cc1OC. The molecule has 28 heavy (non-hydrogen) atoms. The van der Waals surface area contributed by atoms with E-state index in [9.17, 15) is 13.6 Å². The number of thiophene rings is 1. The highest BCUT2D eigenvalue weighted by molar-refractivity contribution is 7.09. The molecule has 0 unspecified atom stereocenters. The number of nitrogens with zero attached hydrogens (tertiary/aromatic N) is 1. The molecule has 0 aliphatic heterocycles. The zero-order valence-corrected chi connectivity index (χ0v) is 16.3. The lowest BCUT2D eigenvalue weighted by Crippen LogP contribution is -2.30. The fraction of sp³-hybridized carbons (Fsp3) is 0.190. The van der Waals surface area contributed by atoms with Crippen LogP contribution in [0.4, 0.5) is 8.78 Å². The number of carbonyl (C=O) groups is 1. The predicted molar refractivity (Wildman–Crippen MR) is 104 cm³/mol. The van der Waals surface area contributed by atoms with Crippen molar-refractivity contribution in [2.75, 3.05) is 14.2 Å². The minimum atomic E-state index is -0.881. The van der Waals surface area contributed by atoms with Gasteiger partial charge in [-0.2, -0.15) is 0 Å².